The zero-order valence-electron chi connectivity index (χ0n) is 10.9. The van der Waals surface area contributed by atoms with Crippen LogP contribution < -0.4 is 10.1 Å². The second kappa shape index (κ2) is 7.36. The van der Waals surface area contributed by atoms with Crippen LogP contribution in [0.25, 0.3) is 0 Å². The van der Waals surface area contributed by atoms with Gasteiger partial charge in [0.2, 0.25) is 0 Å². The van der Waals surface area contributed by atoms with Gasteiger partial charge in [-0.2, -0.15) is 0 Å². The molecular formula is C14H17NO3. The Morgan fingerprint density at radius 1 is 1.39 bits per heavy atom. The van der Waals surface area contributed by atoms with Gasteiger partial charge in [-0.3, -0.25) is 0 Å². The lowest BCUT2D eigenvalue weighted by molar-refractivity contribution is 0.0597. The Kier molecular flexibility index (Phi) is 5.75. The second-order valence-electron chi connectivity index (χ2n) is 3.56. The molecule has 1 aromatic carbocycles. The van der Waals surface area contributed by atoms with E-state index in [1.54, 1.807) is 18.2 Å². The van der Waals surface area contributed by atoms with Crippen LogP contribution in [0.4, 0.5) is 0 Å². The predicted molar refractivity (Wildman–Crippen MR) is 69.8 cm³/mol. The molecule has 0 aliphatic carbocycles. The van der Waals surface area contributed by atoms with E-state index in [0.717, 1.165) is 18.5 Å². The van der Waals surface area contributed by atoms with Crippen LogP contribution in [0.15, 0.2) is 18.2 Å². The molecule has 18 heavy (non-hydrogen) atoms. The van der Waals surface area contributed by atoms with Crippen LogP contribution in [0.1, 0.15) is 22.3 Å². The summed E-state index contributed by atoms with van der Waals surface area (Å²) in [4.78, 5) is 11.5. The summed E-state index contributed by atoms with van der Waals surface area (Å²) in [7, 11) is 4.74. The van der Waals surface area contributed by atoms with E-state index < -0.39 is 5.97 Å². The average Bonchev–Trinajstić information content (AvgIpc) is 2.42. The van der Waals surface area contributed by atoms with E-state index in [1.807, 2.05) is 7.05 Å². The number of benzene rings is 1. The molecule has 0 amide bonds. The molecule has 1 rings (SSSR count). The van der Waals surface area contributed by atoms with Gasteiger partial charge in [0.1, 0.15) is 11.3 Å². The van der Waals surface area contributed by atoms with Gasteiger partial charge in [-0.05, 0) is 25.2 Å². The van der Waals surface area contributed by atoms with Crippen molar-refractivity contribution < 1.29 is 14.3 Å². The number of hydrogen-bond acceptors (Lipinski definition) is 4. The first-order valence-corrected chi connectivity index (χ1v) is 5.62. The van der Waals surface area contributed by atoms with Gasteiger partial charge < -0.3 is 14.8 Å². The van der Waals surface area contributed by atoms with Gasteiger partial charge in [0.25, 0.3) is 0 Å². The monoisotopic (exact) mass is 247 g/mol. The summed E-state index contributed by atoms with van der Waals surface area (Å²) in [6, 6.07) is 5.17. The summed E-state index contributed by atoms with van der Waals surface area (Å²) in [5.74, 6) is 6.11. The number of methoxy groups -OCH3 is 2. The van der Waals surface area contributed by atoms with Crippen molar-refractivity contribution in [2.45, 2.75) is 6.42 Å². The predicted octanol–water partition coefficient (Wildman–Crippen LogP) is 1.44. The molecule has 1 N–H and O–H groups in total. The first-order valence-electron chi connectivity index (χ1n) is 5.62. The van der Waals surface area contributed by atoms with E-state index in [0.29, 0.717) is 11.3 Å². The first kappa shape index (κ1) is 14.1. The Hall–Kier alpha value is -1.99. The smallest absolute Gasteiger partial charge is 0.341 e. The minimum Gasteiger partial charge on any atom is -0.496 e. The van der Waals surface area contributed by atoms with Gasteiger partial charge >= 0.3 is 5.97 Å². The molecule has 0 heterocycles. The molecule has 0 saturated carbocycles. The van der Waals surface area contributed by atoms with Gasteiger partial charge in [-0.15, -0.1) is 0 Å². The molecule has 4 heteroatoms. The fraction of sp³-hybridized carbons (Fsp3) is 0.357. The summed E-state index contributed by atoms with van der Waals surface area (Å²) in [5.41, 5.74) is 1.22. The molecule has 0 spiro atoms. The van der Waals surface area contributed by atoms with Crippen LogP contribution in [0.2, 0.25) is 0 Å². The van der Waals surface area contributed by atoms with Gasteiger partial charge in [0.05, 0.1) is 14.2 Å². The van der Waals surface area contributed by atoms with Crippen LogP contribution in [0, 0.1) is 11.8 Å². The lowest BCUT2D eigenvalue weighted by atomic mass is 10.1. The maximum Gasteiger partial charge on any atom is 0.341 e. The second-order valence-corrected chi connectivity index (χ2v) is 3.56. The molecule has 1 aromatic rings. The van der Waals surface area contributed by atoms with Crippen molar-refractivity contribution in [3.63, 3.8) is 0 Å². The van der Waals surface area contributed by atoms with Crippen LogP contribution in [0.3, 0.4) is 0 Å². The van der Waals surface area contributed by atoms with E-state index >= 15 is 0 Å². The summed E-state index contributed by atoms with van der Waals surface area (Å²) in [5, 5.41) is 3.02. The molecule has 0 radical (unpaired) electrons. The van der Waals surface area contributed by atoms with Crippen molar-refractivity contribution in [2.75, 3.05) is 27.8 Å². The van der Waals surface area contributed by atoms with Crippen LogP contribution in [0.5, 0.6) is 5.75 Å². The quantitative estimate of drug-likeness (QED) is 0.497. The highest BCUT2D eigenvalue weighted by atomic mass is 16.5. The Bertz CT molecular complexity index is 472. The van der Waals surface area contributed by atoms with E-state index in [4.69, 9.17) is 4.74 Å². The topological polar surface area (TPSA) is 47.6 Å². The average molecular weight is 247 g/mol. The number of ether oxygens (including phenoxy) is 2. The summed E-state index contributed by atoms with van der Waals surface area (Å²) in [6.45, 7) is 0.852. The molecule has 0 fully saturated rings. The van der Waals surface area contributed by atoms with Crippen molar-refractivity contribution in [2.24, 2.45) is 0 Å². The van der Waals surface area contributed by atoms with Crippen molar-refractivity contribution >= 4 is 5.97 Å². The highest BCUT2D eigenvalue weighted by molar-refractivity contribution is 5.92. The Morgan fingerprint density at radius 3 is 2.78 bits per heavy atom. The third-order valence-electron chi connectivity index (χ3n) is 2.34. The van der Waals surface area contributed by atoms with E-state index in [2.05, 4.69) is 21.9 Å². The molecule has 0 saturated heterocycles. The molecule has 0 aromatic heterocycles. The minimum absolute atomic E-state index is 0.403. The zero-order chi connectivity index (χ0) is 13.4. The molecular weight excluding hydrogens is 230 g/mol. The van der Waals surface area contributed by atoms with Crippen molar-refractivity contribution in [3.05, 3.63) is 29.3 Å². The fourth-order valence-corrected chi connectivity index (χ4v) is 1.40. The van der Waals surface area contributed by atoms with E-state index in [9.17, 15) is 4.79 Å². The standard InChI is InChI=1S/C14H17NO3/c1-15-9-5-4-6-11-7-8-12(14(16)18-3)13(10-11)17-2/h7-8,10,15H,5,9H2,1-3H3. The largest absolute Gasteiger partial charge is 0.496 e. The van der Waals surface area contributed by atoms with E-state index in [1.165, 1.54) is 14.2 Å². The first-order chi connectivity index (χ1) is 8.72. The lowest BCUT2D eigenvalue weighted by Gasteiger charge is -2.06. The number of esters is 1. The highest BCUT2D eigenvalue weighted by Gasteiger charge is 2.12. The SMILES string of the molecule is CNCCC#Cc1ccc(C(=O)OC)c(OC)c1. The summed E-state index contributed by atoms with van der Waals surface area (Å²) >= 11 is 0. The van der Waals surface area contributed by atoms with Gasteiger partial charge in [-0.25, -0.2) is 4.79 Å². The van der Waals surface area contributed by atoms with Gasteiger partial charge in [0, 0.05) is 18.5 Å². The maximum atomic E-state index is 11.5. The van der Waals surface area contributed by atoms with Crippen LogP contribution >= 0.6 is 0 Å². The van der Waals surface area contributed by atoms with Crippen molar-refractivity contribution in [3.8, 4) is 17.6 Å². The molecule has 0 aliphatic heterocycles. The van der Waals surface area contributed by atoms with Gasteiger partial charge in [-0.1, -0.05) is 11.8 Å². The Balaban J connectivity index is 2.90. The summed E-state index contributed by atoms with van der Waals surface area (Å²) in [6.07, 6.45) is 0.775. The zero-order valence-corrected chi connectivity index (χ0v) is 10.9. The number of carbonyl (C=O) groups is 1. The summed E-state index contributed by atoms with van der Waals surface area (Å²) < 4.78 is 9.82. The van der Waals surface area contributed by atoms with Gasteiger partial charge in [0.15, 0.2) is 0 Å². The molecule has 96 valence electrons. The Morgan fingerprint density at radius 2 is 2.17 bits per heavy atom. The van der Waals surface area contributed by atoms with Crippen molar-refractivity contribution in [1.82, 2.24) is 5.32 Å². The minimum atomic E-state index is -0.415. The van der Waals surface area contributed by atoms with Crippen molar-refractivity contribution in [1.29, 1.82) is 0 Å². The fourth-order valence-electron chi connectivity index (χ4n) is 1.40. The third-order valence-corrected chi connectivity index (χ3v) is 2.34. The Labute approximate surface area is 107 Å². The van der Waals surface area contributed by atoms with Crippen LogP contribution in [-0.2, 0) is 4.74 Å². The number of rotatable bonds is 4. The molecule has 0 unspecified atom stereocenters. The lowest BCUT2D eigenvalue weighted by Crippen LogP contribution is -2.06. The highest BCUT2D eigenvalue weighted by Crippen LogP contribution is 2.20. The molecule has 0 aliphatic rings. The molecule has 0 bridgehead atoms. The van der Waals surface area contributed by atoms with E-state index in [-0.39, 0.29) is 0 Å². The number of carbonyl (C=O) groups excluding carboxylic acids is 1. The number of hydrogen-bond donors (Lipinski definition) is 1. The molecule has 4 nitrogen and oxygen atoms in total. The maximum absolute atomic E-state index is 11.5. The normalized spacial score (nSPS) is 9.28. The number of nitrogens with one attached hydrogen (secondary N) is 1. The molecule has 0 atom stereocenters. The third kappa shape index (κ3) is 3.79. The van der Waals surface area contributed by atoms with Crippen LogP contribution in [-0.4, -0.2) is 33.8 Å².